The van der Waals surface area contributed by atoms with Gasteiger partial charge in [0.1, 0.15) is 18.0 Å². The number of carbonyl (C=O) groups is 1. The van der Waals surface area contributed by atoms with E-state index in [2.05, 4.69) is 4.98 Å². The third-order valence-electron chi connectivity index (χ3n) is 4.47. The summed E-state index contributed by atoms with van der Waals surface area (Å²) in [7, 11) is 0. The summed E-state index contributed by atoms with van der Waals surface area (Å²) in [4.78, 5) is 16.6. The first kappa shape index (κ1) is 18.8. The van der Waals surface area contributed by atoms with Gasteiger partial charge in [0.15, 0.2) is 6.10 Å². The van der Waals surface area contributed by atoms with Gasteiger partial charge in [-0.3, -0.25) is 0 Å². The summed E-state index contributed by atoms with van der Waals surface area (Å²) in [5.74, 6) is -3.54. The van der Waals surface area contributed by atoms with E-state index in [9.17, 15) is 25.2 Å². The highest BCUT2D eigenvalue weighted by Crippen LogP contribution is 2.34. The Morgan fingerprint density at radius 3 is 2.65 bits per heavy atom. The molecule has 9 nitrogen and oxygen atoms in total. The van der Waals surface area contributed by atoms with Crippen LogP contribution >= 0.6 is 0 Å². The van der Waals surface area contributed by atoms with Crippen LogP contribution in [0.1, 0.15) is 18.2 Å². The molecule has 0 amide bonds. The lowest BCUT2D eigenvalue weighted by Gasteiger charge is -2.22. The van der Waals surface area contributed by atoms with Crippen LogP contribution in [0.15, 0.2) is 18.2 Å². The average Bonchev–Trinajstić information content (AvgIpc) is 3.11. The van der Waals surface area contributed by atoms with Crippen molar-refractivity contribution < 1.29 is 39.8 Å². The van der Waals surface area contributed by atoms with Crippen molar-refractivity contribution in [2.75, 3.05) is 6.61 Å². The highest BCUT2D eigenvalue weighted by atomic mass is 16.7. The molecule has 3 rings (SSSR count). The van der Waals surface area contributed by atoms with Crippen molar-refractivity contribution in [3.8, 4) is 5.75 Å². The Morgan fingerprint density at radius 2 is 2.08 bits per heavy atom. The number of fused-ring (bicyclic) bond motifs is 1. The predicted molar refractivity (Wildman–Crippen MR) is 87.1 cm³/mol. The van der Waals surface area contributed by atoms with Crippen LogP contribution in [-0.4, -0.2) is 62.2 Å². The summed E-state index contributed by atoms with van der Waals surface area (Å²) in [5, 5.41) is 48.7. The molecule has 2 aromatic rings. The summed E-state index contributed by atoms with van der Waals surface area (Å²) in [6.45, 7) is 0.462. The van der Waals surface area contributed by atoms with Gasteiger partial charge in [-0.05, 0) is 18.1 Å². The van der Waals surface area contributed by atoms with E-state index >= 15 is 0 Å². The number of rotatable bonds is 5. The average molecular weight is 366 g/mol. The molecule has 9 heteroatoms. The van der Waals surface area contributed by atoms with Gasteiger partial charge in [0.05, 0.1) is 13.2 Å². The van der Waals surface area contributed by atoms with Crippen molar-refractivity contribution >= 4 is 16.9 Å². The van der Waals surface area contributed by atoms with E-state index in [1.165, 1.54) is 0 Å². The molecule has 1 aliphatic heterocycles. The second-order valence-electron chi connectivity index (χ2n) is 6.15. The number of aliphatic hydroxyl groups is 5. The van der Waals surface area contributed by atoms with Crippen LogP contribution in [-0.2, 0) is 22.6 Å². The van der Waals surface area contributed by atoms with Crippen LogP contribution in [0, 0.1) is 0 Å². The van der Waals surface area contributed by atoms with Gasteiger partial charge in [0.2, 0.25) is 5.79 Å². The quantitative estimate of drug-likeness (QED) is 0.401. The van der Waals surface area contributed by atoms with E-state index < -0.39 is 43.3 Å². The number of aromatic nitrogens is 1. The maximum atomic E-state index is 12.4. The van der Waals surface area contributed by atoms with E-state index in [0.717, 1.165) is 12.0 Å². The molecular weight excluding hydrogens is 346 g/mol. The normalized spacial score (nSPS) is 28.6. The lowest BCUT2D eigenvalue weighted by atomic mass is 10.1. The molecule has 4 atom stereocenters. The largest absolute Gasteiger partial charge is 0.656 e. The Labute approximate surface area is 148 Å². The second-order valence-corrected chi connectivity index (χ2v) is 6.15. The van der Waals surface area contributed by atoms with Crippen LogP contribution in [0.5, 0.6) is 5.75 Å². The fourth-order valence-corrected chi connectivity index (χ4v) is 2.92. The van der Waals surface area contributed by atoms with Crippen LogP contribution in [0.4, 0.5) is 0 Å². The Bertz CT molecular complexity index is 818. The molecule has 2 heterocycles. The third-order valence-corrected chi connectivity index (χ3v) is 4.47. The number of benzene rings is 1. The fourth-order valence-electron chi connectivity index (χ4n) is 2.92. The monoisotopic (exact) mass is 366 g/mol. The highest BCUT2D eigenvalue weighted by molar-refractivity contribution is 5.91. The lowest BCUT2D eigenvalue weighted by Crippen LogP contribution is -2.46. The van der Waals surface area contributed by atoms with Crippen molar-refractivity contribution in [3.63, 3.8) is 0 Å². The molecule has 0 spiro atoms. The molecule has 5 N–H and O–H groups in total. The lowest BCUT2D eigenvalue weighted by molar-refractivity contribution is -0.246. The summed E-state index contributed by atoms with van der Waals surface area (Å²) >= 11 is 0. The van der Waals surface area contributed by atoms with E-state index in [0.29, 0.717) is 10.9 Å². The second kappa shape index (κ2) is 6.95. The molecule has 142 valence electrons. The van der Waals surface area contributed by atoms with E-state index in [1.54, 1.807) is 12.1 Å². The Balaban J connectivity index is 1.92. The standard InChI is InChI=1S/C17H20NO8/c1-2-8-3-4-10-9(5-8)13(11(6-19)18-10)25-16(23)14-12(21)15(22)17(24,7-20)26-14/h3-5,12,14-15,19-22,24H,2,6-7H2,1H3/q-1. The van der Waals surface area contributed by atoms with Gasteiger partial charge in [-0.1, -0.05) is 24.8 Å². The smallest absolute Gasteiger partial charge is 0.343 e. The number of nitrogens with zero attached hydrogens (tertiary/aromatic N) is 1. The Hall–Kier alpha value is -2.01. The zero-order valence-corrected chi connectivity index (χ0v) is 14.0. The predicted octanol–water partition coefficient (Wildman–Crippen LogP) is -1.44. The Kier molecular flexibility index (Phi) is 5.02. The third kappa shape index (κ3) is 2.98. The molecule has 0 bridgehead atoms. The maximum Gasteiger partial charge on any atom is 0.343 e. The maximum absolute atomic E-state index is 12.4. The minimum Gasteiger partial charge on any atom is -0.656 e. The van der Waals surface area contributed by atoms with Gasteiger partial charge in [-0.2, -0.15) is 0 Å². The number of aliphatic hydroxyl groups excluding tert-OH is 4. The van der Waals surface area contributed by atoms with Crippen LogP contribution in [0.25, 0.3) is 10.9 Å². The van der Waals surface area contributed by atoms with E-state index in [-0.39, 0.29) is 11.4 Å². The summed E-state index contributed by atoms with van der Waals surface area (Å²) in [5.41, 5.74) is 1.62. The zero-order chi connectivity index (χ0) is 19.1. The van der Waals surface area contributed by atoms with E-state index in [4.69, 9.17) is 14.6 Å². The van der Waals surface area contributed by atoms with Crippen molar-refractivity contribution in [1.82, 2.24) is 4.98 Å². The first-order valence-electron chi connectivity index (χ1n) is 8.12. The van der Waals surface area contributed by atoms with Gasteiger partial charge < -0.3 is 40.0 Å². The topological polar surface area (TPSA) is 151 Å². The number of hydrogen-bond acceptors (Lipinski definition) is 8. The minimum absolute atomic E-state index is 0.0209. The van der Waals surface area contributed by atoms with Crippen LogP contribution in [0.3, 0.4) is 0 Å². The minimum atomic E-state index is -2.47. The molecule has 1 fully saturated rings. The molecule has 0 aliphatic carbocycles. The van der Waals surface area contributed by atoms with Crippen LogP contribution < -0.4 is 9.72 Å². The van der Waals surface area contributed by atoms with Crippen LogP contribution in [0.2, 0.25) is 0 Å². The van der Waals surface area contributed by atoms with Crippen molar-refractivity contribution in [2.45, 2.75) is 44.1 Å². The molecule has 0 radical (unpaired) electrons. The van der Waals surface area contributed by atoms with Gasteiger partial charge in [0.25, 0.3) is 0 Å². The number of esters is 1. The van der Waals surface area contributed by atoms with Gasteiger partial charge >= 0.3 is 5.97 Å². The molecule has 1 aromatic carbocycles. The molecule has 26 heavy (non-hydrogen) atoms. The summed E-state index contributed by atoms with van der Waals surface area (Å²) in [6, 6.07) is 5.37. The number of hydrogen-bond donors (Lipinski definition) is 5. The first-order chi connectivity index (χ1) is 12.3. The number of carbonyl (C=O) groups excluding carboxylic acids is 1. The fraction of sp³-hybridized carbons (Fsp3) is 0.471. The molecule has 1 aromatic heterocycles. The number of aryl methyl sites for hydroxylation is 1. The van der Waals surface area contributed by atoms with Crippen molar-refractivity contribution in [3.05, 3.63) is 29.5 Å². The molecule has 4 unspecified atom stereocenters. The molecule has 0 saturated carbocycles. The zero-order valence-electron chi connectivity index (χ0n) is 14.0. The van der Waals surface area contributed by atoms with Gasteiger partial charge in [-0.15, -0.1) is 5.52 Å². The highest BCUT2D eigenvalue weighted by Gasteiger charge is 2.56. The number of ether oxygens (including phenoxy) is 2. The summed E-state index contributed by atoms with van der Waals surface area (Å²) < 4.78 is 10.2. The van der Waals surface area contributed by atoms with E-state index in [1.807, 2.05) is 13.0 Å². The SMILES string of the molecule is CCc1ccc2[n-]c(CO)c(OC(=O)C3OC(O)(CO)C(O)C3O)c2c1. The molecule has 1 aliphatic rings. The molecule has 1 saturated heterocycles. The first-order valence-corrected chi connectivity index (χ1v) is 8.12. The van der Waals surface area contributed by atoms with Crippen molar-refractivity contribution in [2.24, 2.45) is 0 Å². The Morgan fingerprint density at radius 1 is 1.35 bits per heavy atom. The van der Waals surface area contributed by atoms with Gasteiger partial charge in [0, 0.05) is 5.39 Å². The summed E-state index contributed by atoms with van der Waals surface area (Å²) in [6.07, 6.45) is -4.66. The van der Waals surface area contributed by atoms with Crippen molar-refractivity contribution in [1.29, 1.82) is 0 Å². The molecular formula is C17H20NO8-. The van der Waals surface area contributed by atoms with Gasteiger partial charge in [-0.25, -0.2) is 4.79 Å².